The first kappa shape index (κ1) is 22.3. The monoisotopic (exact) mass is 466 g/mol. The van der Waals surface area contributed by atoms with E-state index in [0.717, 1.165) is 23.5 Å². The summed E-state index contributed by atoms with van der Waals surface area (Å²) < 4.78 is 18.4. The maximum atomic E-state index is 13.4. The van der Waals surface area contributed by atoms with Crippen LogP contribution in [0.1, 0.15) is 39.5 Å². The molecule has 1 atom stereocenters. The number of aryl methyl sites for hydroxylation is 1. The van der Waals surface area contributed by atoms with Gasteiger partial charge in [-0.15, -0.1) is 0 Å². The van der Waals surface area contributed by atoms with Crippen LogP contribution in [0.4, 0.5) is 9.52 Å². The molecule has 1 aliphatic rings. The van der Waals surface area contributed by atoms with E-state index in [0.29, 0.717) is 11.3 Å². The summed E-state index contributed by atoms with van der Waals surface area (Å²) in [4.78, 5) is 44.2. The molecule has 1 saturated heterocycles. The zero-order valence-corrected chi connectivity index (χ0v) is 18.6. The van der Waals surface area contributed by atoms with Gasteiger partial charge in [0.1, 0.15) is 16.5 Å². The molecule has 1 amide bonds. The number of esters is 1. The van der Waals surface area contributed by atoms with Gasteiger partial charge in [-0.3, -0.25) is 14.5 Å². The van der Waals surface area contributed by atoms with Crippen molar-refractivity contribution < 1.29 is 28.6 Å². The molecule has 0 radical (unpaired) electrons. The molecule has 1 N–H and O–H groups in total. The van der Waals surface area contributed by atoms with Gasteiger partial charge in [0.05, 0.1) is 23.9 Å². The number of aromatic nitrogens is 1. The number of carbonyl (C=O) groups excluding carboxylic acids is 3. The van der Waals surface area contributed by atoms with Crippen LogP contribution < -0.4 is 4.90 Å². The second-order valence-corrected chi connectivity index (χ2v) is 8.20. The van der Waals surface area contributed by atoms with E-state index >= 15 is 0 Å². The number of benzene rings is 2. The number of thiazole rings is 1. The van der Waals surface area contributed by atoms with Gasteiger partial charge < -0.3 is 9.84 Å². The molecular weight excluding hydrogens is 447 g/mol. The zero-order valence-electron chi connectivity index (χ0n) is 17.7. The van der Waals surface area contributed by atoms with Crippen LogP contribution in [0.25, 0.3) is 5.76 Å². The van der Waals surface area contributed by atoms with Crippen LogP contribution in [0.5, 0.6) is 0 Å². The minimum absolute atomic E-state index is 0.129. The zero-order chi connectivity index (χ0) is 23.7. The Balaban J connectivity index is 1.89. The van der Waals surface area contributed by atoms with E-state index < -0.39 is 35.3 Å². The molecule has 3 aromatic rings. The molecule has 0 spiro atoms. The molecule has 1 unspecified atom stereocenters. The summed E-state index contributed by atoms with van der Waals surface area (Å²) in [6.07, 6.45) is 0. The standard InChI is InChI=1S/C24H19FN2O5S/c1-3-32-23(31)21-13(2)26-24(33-21)27-18(14-7-5-4-6-8-14)17(20(29)22(27)30)19(28)15-9-11-16(25)12-10-15/h4-12,18,28H,3H2,1-2H3/b19-17+. The third kappa shape index (κ3) is 4.03. The van der Waals surface area contributed by atoms with Crippen molar-refractivity contribution in [3.05, 3.63) is 87.7 Å². The number of ether oxygens (including phenoxy) is 1. The smallest absolute Gasteiger partial charge is 0.350 e. The summed E-state index contributed by atoms with van der Waals surface area (Å²) in [6.45, 7) is 3.47. The third-order valence-electron chi connectivity index (χ3n) is 5.13. The summed E-state index contributed by atoms with van der Waals surface area (Å²) in [6, 6.07) is 12.7. The van der Waals surface area contributed by atoms with Gasteiger partial charge in [-0.25, -0.2) is 14.2 Å². The predicted molar refractivity (Wildman–Crippen MR) is 120 cm³/mol. The van der Waals surface area contributed by atoms with Crippen LogP contribution in [0.3, 0.4) is 0 Å². The lowest BCUT2D eigenvalue weighted by Gasteiger charge is -2.22. The van der Waals surface area contributed by atoms with Crippen LogP contribution in [0.15, 0.2) is 60.2 Å². The highest BCUT2D eigenvalue weighted by Crippen LogP contribution is 2.43. The molecule has 168 valence electrons. The highest BCUT2D eigenvalue weighted by Gasteiger charge is 2.48. The Labute approximate surface area is 192 Å². The van der Waals surface area contributed by atoms with Gasteiger partial charge in [-0.1, -0.05) is 41.7 Å². The lowest BCUT2D eigenvalue weighted by atomic mass is 9.95. The molecule has 9 heteroatoms. The Morgan fingerprint density at radius 3 is 2.45 bits per heavy atom. The van der Waals surface area contributed by atoms with Gasteiger partial charge in [-0.05, 0) is 43.7 Å². The van der Waals surface area contributed by atoms with Crippen molar-refractivity contribution in [1.29, 1.82) is 0 Å². The summed E-state index contributed by atoms with van der Waals surface area (Å²) in [7, 11) is 0. The largest absolute Gasteiger partial charge is 0.507 e. The van der Waals surface area contributed by atoms with Gasteiger partial charge in [0, 0.05) is 5.56 Å². The van der Waals surface area contributed by atoms with Crippen molar-refractivity contribution in [3.63, 3.8) is 0 Å². The quantitative estimate of drug-likeness (QED) is 0.259. The van der Waals surface area contributed by atoms with E-state index in [1.165, 1.54) is 17.0 Å². The number of Topliss-reactive ketones (excluding diaryl/α,β-unsaturated/α-hetero) is 1. The van der Waals surface area contributed by atoms with Gasteiger partial charge in [0.25, 0.3) is 5.78 Å². The maximum Gasteiger partial charge on any atom is 0.350 e. The Kier molecular flexibility index (Phi) is 6.06. The summed E-state index contributed by atoms with van der Waals surface area (Å²) in [5, 5.41) is 11.1. The van der Waals surface area contributed by atoms with E-state index in [1.54, 1.807) is 44.2 Å². The Bertz CT molecular complexity index is 1270. The first-order valence-corrected chi connectivity index (χ1v) is 10.9. The molecule has 33 heavy (non-hydrogen) atoms. The van der Waals surface area contributed by atoms with E-state index in [-0.39, 0.29) is 27.8 Å². The number of hydrogen-bond donors (Lipinski definition) is 1. The topological polar surface area (TPSA) is 96.8 Å². The van der Waals surface area contributed by atoms with Gasteiger partial charge >= 0.3 is 11.9 Å². The van der Waals surface area contributed by atoms with Crippen molar-refractivity contribution >= 4 is 39.9 Å². The molecule has 1 aliphatic heterocycles. The van der Waals surface area contributed by atoms with E-state index in [9.17, 15) is 23.9 Å². The van der Waals surface area contributed by atoms with E-state index in [4.69, 9.17) is 4.74 Å². The first-order chi connectivity index (χ1) is 15.8. The van der Waals surface area contributed by atoms with E-state index in [2.05, 4.69) is 4.98 Å². The number of halogens is 1. The fourth-order valence-corrected chi connectivity index (χ4v) is 4.60. The average molecular weight is 466 g/mol. The van der Waals surface area contributed by atoms with Crippen molar-refractivity contribution in [2.45, 2.75) is 19.9 Å². The summed E-state index contributed by atoms with van der Waals surface area (Å²) in [5.74, 6) is -3.30. The molecule has 7 nitrogen and oxygen atoms in total. The van der Waals surface area contributed by atoms with Crippen LogP contribution in [-0.4, -0.2) is 34.4 Å². The lowest BCUT2D eigenvalue weighted by Crippen LogP contribution is -2.29. The molecular formula is C24H19FN2O5S. The van der Waals surface area contributed by atoms with Crippen molar-refractivity contribution in [2.24, 2.45) is 0 Å². The van der Waals surface area contributed by atoms with Crippen molar-refractivity contribution in [2.75, 3.05) is 11.5 Å². The predicted octanol–water partition coefficient (Wildman–Crippen LogP) is 4.39. The Morgan fingerprint density at radius 1 is 1.15 bits per heavy atom. The molecule has 0 saturated carbocycles. The van der Waals surface area contributed by atoms with Crippen LogP contribution >= 0.6 is 11.3 Å². The number of anilines is 1. The number of amides is 1. The minimum atomic E-state index is -0.989. The molecule has 4 rings (SSSR count). The fraction of sp³-hybridized carbons (Fsp3) is 0.167. The molecule has 2 heterocycles. The maximum absolute atomic E-state index is 13.4. The molecule has 2 aromatic carbocycles. The number of nitrogens with zero attached hydrogens (tertiary/aromatic N) is 2. The van der Waals surface area contributed by atoms with Crippen LogP contribution in [0, 0.1) is 12.7 Å². The number of aliphatic hydroxyl groups excluding tert-OH is 1. The van der Waals surface area contributed by atoms with Crippen molar-refractivity contribution in [3.8, 4) is 0 Å². The lowest BCUT2D eigenvalue weighted by molar-refractivity contribution is -0.132. The average Bonchev–Trinajstić information content (AvgIpc) is 3.31. The van der Waals surface area contributed by atoms with Gasteiger partial charge in [-0.2, -0.15) is 0 Å². The fourth-order valence-electron chi connectivity index (χ4n) is 3.62. The Hall–Kier alpha value is -3.85. The second-order valence-electron chi connectivity index (χ2n) is 7.22. The number of carbonyl (C=O) groups is 3. The van der Waals surface area contributed by atoms with E-state index in [1.807, 2.05) is 0 Å². The van der Waals surface area contributed by atoms with Crippen LogP contribution in [-0.2, 0) is 14.3 Å². The highest BCUT2D eigenvalue weighted by molar-refractivity contribution is 7.17. The number of ketones is 1. The van der Waals surface area contributed by atoms with Crippen LogP contribution in [0.2, 0.25) is 0 Å². The first-order valence-electron chi connectivity index (χ1n) is 10.1. The van der Waals surface area contributed by atoms with Gasteiger partial charge in [0.15, 0.2) is 5.13 Å². The normalized spacial score (nSPS) is 17.4. The molecule has 1 fully saturated rings. The summed E-state index contributed by atoms with van der Waals surface area (Å²) >= 11 is 0.934. The summed E-state index contributed by atoms with van der Waals surface area (Å²) in [5.41, 5.74) is 0.966. The van der Waals surface area contributed by atoms with Gasteiger partial charge in [0.2, 0.25) is 0 Å². The highest BCUT2D eigenvalue weighted by atomic mass is 32.1. The third-order valence-corrected chi connectivity index (χ3v) is 6.27. The molecule has 0 bridgehead atoms. The molecule has 1 aromatic heterocycles. The number of hydrogen-bond acceptors (Lipinski definition) is 7. The van der Waals surface area contributed by atoms with Crippen molar-refractivity contribution in [1.82, 2.24) is 4.98 Å². The minimum Gasteiger partial charge on any atom is -0.507 e. The Morgan fingerprint density at radius 2 is 1.82 bits per heavy atom. The number of rotatable bonds is 5. The SMILES string of the molecule is CCOC(=O)c1sc(N2C(=O)C(=O)/C(=C(/O)c3ccc(F)cc3)C2c2ccccc2)nc1C. The second kappa shape index (κ2) is 8.95. The number of aliphatic hydroxyl groups is 1. The molecule has 0 aliphatic carbocycles.